The zero-order valence-electron chi connectivity index (χ0n) is 12.4. The van der Waals surface area contributed by atoms with Crippen LogP contribution in [0.5, 0.6) is 0 Å². The minimum absolute atomic E-state index is 0.261. The second-order valence-electron chi connectivity index (χ2n) is 4.91. The standard InChI is InChI=1S/C15H18N4O2/c1-17(2)16-10-13-9-14(20)19(15(21)18(13)3)11-12-7-5-4-6-8-12/h4-10H,11H2,1-3H3. The number of nitrogens with zero attached hydrogens (tertiary/aromatic N) is 4. The highest BCUT2D eigenvalue weighted by Crippen LogP contribution is 1.99. The highest BCUT2D eigenvalue weighted by molar-refractivity contribution is 5.76. The fourth-order valence-electron chi connectivity index (χ4n) is 1.90. The van der Waals surface area contributed by atoms with Gasteiger partial charge in [-0.05, 0) is 5.56 Å². The van der Waals surface area contributed by atoms with Gasteiger partial charge in [0.15, 0.2) is 0 Å². The molecule has 6 nitrogen and oxygen atoms in total. The molecule has 2 rings (SSSR count). The van der Waals surface area contributed by atoms with Gasteiger partial charge in [0.25, 0.3) is 5.56 Å². The minimum Gasteiger partial charge on any atom is -0.303 e. The van der Waals surface area contributed by atoms with E-state index in [4.69, 9.17) is 0 Å². The summed E-state index contributed by atoms with van der Waals surface area (Å²) >= 11 is 0. The third-order valence-corrected chi connectivity index (χ3v) is 3.05. The van der Waals surface area contributed by atoms with Crippen LogP contribution in [0.1, 0.15) is 11.3 Å². The number of hydrogen-bond acceptors (Lipinski definition) is 4. The van der Waals surface area contributed by atoms with Gasteiger partial charge in [0.1, 0.15) is 0 Å². The van der Waals surface area contributed by atoms with Gasteiger partial charge in [0.05, 0.1) is 18.5 Å². The van der Waals surface area contributed by atoms with E-state index in [9.17, 15) is 9.59 Å². The number of hydrogen-bond donors (Lipinski definition) is 0. The van der Waals surface area contributed by atoms with Crippen molar-refractivity contribution >= 4 is 6.21 Å². The smallest absolute Gasteiger partial charge is 0.303 e. The predicted octanol–water partition coefficient (Wildman–Crippen LogP) is 0.491. The van der Waals surface area contributed by atoms with Crippen molar-refractivity contribution in [2.24, 2.45) is 12.1 Å². The molecule has 0 unspecified atom stereocenters. The molecular weight excluding hydrogens is 268 g/mol. The van der Waals surface area contributed by atoms with E-state index in [0.29, 0.717) is 5.69 Å². The molecule has 21 heavy (non-hydrogen) atoms. The molecule has 6 heteroatoms. The van der Waals surface area contributed by atoms with Crippen molar-refractivity contribution in [1.29, 1.82) is 0 Å². The van der Waals surface area contributed by atoms with E-state index in [2.05, 4.69) is 5.10 Å². The van der Waals surface area contributed by atoms with E-state index in [1.165, 1.54) is 21.4 Å². The lowest BCUT2D eigenvalue weighted by Gasteiger charge is -2.10. The monoisotopic (exact) mass is 286 g/mol. The van der Waals surface area contributed by atoms with Gasteiger partial charge < -0.3 is 5.01 Å². The second kappa shape index (κ2) is 6.21. The zero-order valence-corrected chi connectivity index (χ0v) is 12.4. The molecule has 1 aromatic carbocycles. The summed E-state index contributed by atoms with van der Waals surface area (Å²) in [6.45, 7) is 0.261. The molecule has 1 aromatic heterocycles. The van der Waals surface area contributed by atoms with Crippen molar-refractivity contribution in [2.45, 2.75) is 6.54 Å². The van der Waals surface area contributed by atoms with Crippen LogP contribution in [0.15, 0.2) is 51.1 Å². The van der Waals surface area contributed by atoms with Crippen LogP contribution in [0.4, 0.5) is 0 Å². The van der Waals surface area contributed by atoms with Gasteiger partial charge in [-0.3, -0.25) is 13.9 Å². The molecule has 0 atom stereocenters. The lowest BCUT2D eigenvalue weighted by molar-refractivity contribution is 0.440. The lowest BCUT2D eigenvalue weighted by Crippen LogP contribution is -2.40. The Morgan fingerprint density at radius 1 is 1.19 bits per heavy atom. The highest BCUT2D eigenvalue weighted by atomic mass is 16.2. The Labute approximate surface area is 122 Å². The summed E-state index contributed by atoms with van der Waals surface area (Å²) in [5.74, 6) is 0. The molecule has 110 valence electrons. The first-order chi connectivity index (χ1) is 9.99. The molecule has 0 amide bonds. The molecule has 0 aliphatic carbocycles. The van der Waals surface area contributed by atoms with Gasteiger partial charge in [0.2, 0.25) is 0 Å². The van der Waals surface area contributed by atoms with Gasteiger partial charge in [-0.25, -0.2) is 4.79 Å². The lowest BCUT2D eigenvalue weighted by atomic mass is 10.2. The molecule has 0 radical (unpaired) electrons. The van der Waals surface area contributed by atoms with E-state index >= 15 is 0 Å². The molecule has 0 N–H and O–H groups in total. The Morgan fingerprint density at radius 2 is 1.86 bits per heavy atom. The van der Waals surface area contributed by atoms with Crippen molar-refractivity contribution in [3.8, 4) is 0 Å². The van der Waals surface area contributed by atoms with Crippen molar-refractivity contribution in [3.63, 3.8) is 0 Å². The number of hydrazone groups is 1. The van der Waals surface area contributed by atoms with E-state index in [-0.39, 0.29) is 17.8 Å². The van der Waals surface area contributed by atoms with Gasteiger partial charge in [0, 0.05) is 27.2 Å². The average Bonchev–Trinajstić information content (AvgIpc) is 2.47. The number of benzene rings is 1. The Kier molecular flexibility index (Phi) is 4.37. The topological polar surface area (TPSA) is 59.6 Å². The second-order valence-corrected chi connectivity index (χ2v) is 4.91. The van der Waals surface area contributed by atoms with Crippen LogP contribution in [0.2, 0.25) is 0 Å². The zero-order chi connectivity index (χ0) is 15.4. The quantitative estimate of drug-likeness (QED) is 0.607. The molecular formula is C15H18N4O2. The van der Waals surface area contributed by atoms with Crippen LogP contribution in [-0.4, -0.2) is 34.5 Å². The highest BCUT2D eigenvalue weighted by Gasteiger charge is 2.08. The normalized spacial score (nSPS) is 11.0. The number of aromatic nitrogens is 2. The summed E-state index contributed by atoms with van der Waals surface area (Å²) in [6, 6.07) is 10.8. The summed E-state index contributed by atoms with van der Waals surface area (Å²) in [6.07, 6.45) is 1.50. The molecule has 1 heterocycles. The van der Waals surface area contributed by atoms with Gasteiger partial charge in [-0.15, -0.1) is 0 Å². The Morgan fingerprint density at radius 3 is 2.48 bits per heavy atom. The molecule has 0 fully saturated rings. The molecule has 0 spiro atoms. The number of rotatable bonds is 4. The van der Waals surface area contributed by atoms with Crippen molar-refractivity contribution in [1.82, 2.24) is 14.1 Å². The summed E-state index contributed by atoms with van der Waals surface area (Å²) < 4.78 is 2.62. The van der Waals surface area contributed by atoms with E-state index < -0.39 is 0 Å². The first-order valence-electron chi connectivity index (χ1n) is 6.55. The van der Waals surface area contributed by atoms with Crippen LogP contribution in [-0.2, 0) is 13.6 Å². The maximum atomic E-state index is 12.3. The molecule has 0 saturated carbocycles. The molecule has 2 aromatic rings. The summed E-state index contributed by atoms with van der Waals surface area (Å²) in [5.41, 5.74) is 0.697. The molecule has 0 aliphatic heterocycles. The van der Waals surface area contributed by atoms with Crippen LogP contribution in [0.3, 0.4) is 0 Å². The van der Waals surface area contributed by atoms with Crippen LogP contribution in [0, 0.1) is 0 Å². The summed E-state index contributed by atoms with van der Waals surface area (Å²) in [4.78, 5) is 24.4. The summed E-state index contributed by atoms with van der Waals surface area (Å²) in [5, 5.41) is 5.65. The van der Waals surface area contributed by atoms with E-state index in [1.807, 2.05) is 30.3 Å². The Balaban J connectivity index is 2.44. The largest absolute Gasteiger partial charge is 0.331 e. The SMILES string of the molecule is CN(C)N=Cc1cc(=O)n(Cc2ccccc2)c(=O)n1C. The third-order valence-electron chi connectivity index (χ3n) is 3.05. The van der Waals surface area contributed by atoms with E-state index in [0.717, 1.165) is 5.56 Å². The molecule has 0 aliphatic rings. The minimum atomic E-state index is -0.355. The molecule has 0 bridgehead atoms. The summed E-state index contributed by atoms with van der Waals surface area (Å²) in [7, 11) is 5.16. The maximum absolute atomic E-state index is 12.3. The van der Waals surface area contributed by atoms with Gasteiger partial charge in [-0.2, -0.15) is 5.10 Å². The van der Waals surface area contributed by atoms with Crippen LogP contribution < -0.4 is 11.2 Å². The van der Waals surface area contributed by atoms with Crippen molar-refractivity contribution < 1.29 is 0 Å². The van der Waals surface area contributed by atoms with Gasteiger partial charge in [-0.1, -0.05) is 30.3 Å². The van der Waals surface area contributed by atoms with E-state index in [1.54, 1.807) is 26.2 Å². The molecule has 0 saturated heterocycles. The first-order valence-corrected chi connectivity index (χ1v) is 6.55. The van der Waals surface area contributed by atoms with Gasteiger partial charge >= 0.3 is 5.69 Å². The first kappa shape index (κ1) is 14.8. The Hall–Kier alpha value is -2.63. The van der Waals surface area contributed by atoms with Crippen LogP contribution in [0.25, 0.3) is 0 Å². The maximum Gasteiger partial charge on any atom is 0.331 e. The fraction of sp³-hybridized carbons (Fsp3) is 0.267. The van der Waals surface area contributed by atoms with Crippen molar-refractivity contribution in [2.75, 3.05) is 14.1 Å². The fourth-order valence-corrected chi connectivity index (χ4v) is 1.90. The van der Waals surface area contributed by atoms with Crippen LogP contribution >= 0.6 is 0 Å². The average molecular weight is 286 g/mol. The van der Waals surface area contributed by atoms with Crippen molar-refractivity contribution in [3.05, 3.63) is 68.5 Å². The predicted molar refractivity (Wildman–Crippen MR) is 82.8 cm³/mol. The Bertz CT molecular complexity index is 757. The third kappa shape index (κ3) is 3.47.